The minimum atomic E-state index is -0.391. The number of aliphatic hydroxyl groups excluding tert-OH is 1. The summed E-state index contributed by atoms with van der Waals surface area (Å²) in [6.07, 6.45) is 0.312. The van der Waals surface area contributed by atoms with Crippen LogP contribution >= 0.6 is 0 Å². The zero-order valence-corrected chi connectivity index (χ0v) is 14.2. The summed E-state index contributed by atoms with van der Waals surface area (Å²) in [7, 11) is 3.57. The number of aromatic nitrogens is 2. The van der Waals surface area contributed by atoms with Gasteiger partial charge in [-0.1, -0.05) is 38.1 Å². The molecule has 2 atom stereocenters. The van der Waals surface area contributed by atoms with E-state index < -0.39 is 6.10 Å². The van der Waals surface area contributed by atoms with E-state index in [0.29, 0.717) is 18.9 Å². The lowest BCUT2D eigenvalue weighted by Crippen LogP contribution is -2.28. The normalized spacial score (nSPS) is 20.1. The minimum absolute atomic E-state index is 0.0453. The van der Waals surface area contributed by atoms with Gasteiger partial charge in [0.15, 0.2) is 0 Å². The first-order valence-electron chi connectivity index (χ1n) is 8.12. The second kappa shape index (κ2) is 6.34. The first kappa shape index (κ1) is 16.0. The van der Waals surface area contributed by atoms with E-state index in [2.05, 4.69) is 36.4 Å². The third-order valence-corrected chi connectivity index (χ3v) is 4.56. The average molecular weight is 315 g/mol. The molecule has 0 aliphatic heterocycles. The number of hydrogen-bond donors (Lipinski definition) is 2. The van der Waals surface area contributed by atoms with Crippen molar-refractivity contribution < 1.29 is 9.84 Å². The summed E-state index contributed by atoms with van der Waals surface area (Å²) in [6, 6.07) is 8.18. The summed E-state index contributed by atoms with van der Waals surface area (Å²) in [5.41, 5.74) is 4.52. The fourth-order valence-corrected chi connectivity index (χ4v) is 3.49. The summed E-state index contributed by atoms with van der Waals surface area (Å²) in [5, 5.41) is 18.5. The van der Waals surface area contributed by atoms with Crippen LogP contribution in [0.25, 0.3) is 0 Å². The van der Waals surface area contributed by atoms with Crippen molar-refractivity contribution in [2.24, 2.45) is 7.05 Å². The number of aliphatic hydroxyl groups is 1. The van der Waals surface area contributed by atoms with E-state index in [9.17, 15) is 5.11 Å². The smallest absolute Gasteiger partial charge is 0.216 e. The highest BCUT2D eigenvalue weighted by atomic mass is 16.5. The largest absolute Gasteiger partial charge is 0.481 e. The Bertz CT molecular complexity index is 694. The van der Waals surface area contributed by atoms with Crippen LogP contribution in [-0.2, 0) is 20.0 Å². The summed E-state index contributed by atoms with van der Waals surface area (Å²) < 4.78 is 7.30. The molecular weight excluding hydrogens is 290 g/mol. The molecule has 0 unspecified atom stereocenters. The quantitative estimate of drug-likeness (QED) is 0.889. The van der Waals surface area contributed by atoms with E-state index in [1.807, 2.05) is 19.2 Å². The van der Waals surface area contributed by atoms with Crippen LogP contribution in [0.3, 0.4) is 0 Å². The Balaban J connectivity index is 1.84. The zero-order valence-electron chi connectivity index (χ0n) is 14.2. The predicted octanol–water partition coefficient (Wildman–Crippen LogP) is 2.30. The predicted molar refractivity (Wildman–Crippen MR) is 89.6 cm³/mol. The molecule has 0 bridgehead atoms. The van der Waals surface area contributed by atoms with Crippen molar-refractivity contribution in [3.05, 3.63) is 46.6 Å². The monoisotopic (exact) mass is 315 g/mol. The van der Waals surface area contributed by atoms with E-state index in [1.165, 1.54) is 11.1 Å². The van der Waals surface area contributed by atoms with Gasteiger partial charge in [-0.2, -0.15) is 5.10 Å². The minimum Gasteiger partial charge on any atom is -0.481 e. The molecule has 2 aromatic rings. The molecule has 0 saturated heterocycles. The van der Waals surface area contributed by atoms with Gasteiger partial charge in [-0.3, -0.25) is 0 Å². The zero-order chi connectivity index (χ0) is 16.6. The lowest BCUT2D eigenvalue weighted by Gasteiger charge is -2.19. The third kappa shape index (κ3) is 2.86. The SMILES string of the molecule is COc1c(CN[C@H]2c3ccccc3C[C@H]2O)c(C(C)C)nn1C. The number of benzene rings is 1. The first-order valence-corrected chi connectivity index (χ1v) is 8.12. The van der Waals surface area contributed by atoms with Crippen molar-refractivity contribution in [3.63, 3.8) is 0 Å². The van der Waals surface area contributed by atoms with Gasteiger partial charge >= 0.3 is 0 Å². The van der Waals surface area contributed by atoms with Crippen molar-refractivity contribution in [3.8, 4) is 5.88 Å². The van der Waals surface area contributed by atoms with Gasteiger partial charge in [0.2, 0.25) is 5.88 Å². The highest BCUT2D eigenvalue weighted by Crippen LogP contribution is 2.33. The molecular formula is C18H25N3O2. The second-order valence-electron chi connectivity index (χ2n) is 6.48. The lowest BCUT2D eigenvalue weighted by atomic mass is 10.0. The van der Waals surface area contributed by atoms with Crippen LogP contribution in [0.5, 0.6) is 5.88 Å². The van der Waals surface area contributed by atoms with Gasteiger partial charge < -0.3 is 15.2 Å². The number of hydrogen-bond acceptors (Lipinski definition) is 4. The fraction of sp³-hybridized carbons (Fsp3) is 0.500. The van der Waals surface area contributed by atoms with Crippen LogP contribution in [0.15, 0.2) is 24.3 Å². The summed E-state index contributed by atoms with van der Waals surface area (Å²) in [4.78, 5) is 0. The standard InChI is InChI=1S/C18H25N3O2/c1-11(2)16-14(18(23-4)21(3)20-16)10-19-17-13-8-6-5-7-12(13)9-15(17)22/h5-8,11,15,17,19,22H,9-10H2,1-4H3/t15-,17+/m1/s1. The molecule has 1 heterocycles. The first-order chi connectivity index (χ1) is 11.0. The topological polar surface area (TPSA) is 59.3 Å². The van der Waals surface area contributed by atoms with E-state index in [1.54, 1.807) is 11.8 Å². The molecule has 1 aromatic heterocycles. The number of aryl methyl sites for hydroxylation is 1. The van der Waals surface area contributed by atoms with Crippen molar-refractivity contribution in [1.29, 1.82) is 0 Å². The van der Waals surface area contributed by atoms with E-state index in [0.717, 1.165) is 17.1 Å². The third-order valence-electron chi connectivity index (χ3n) is 4.56. The molecule has 3 rings (SSSR count). The molecule has 0 radical (unpaired) electrons. The second-order valence-corrected chi connectivity index (χ2v) is 6.48. The van der Waals surface area contributed by atoms with Gasteiger partial charge in [0.25, 0.3) is 0 Å². The molecule has 124 valence electrons. The van der Waals surface area contributed by atoms with Crippen LogP contribution < -0.4 is 10.1 Å². The Hall–Kier alpha value is -1.85. The van der Waals surface area contributed by atoms with Crippen LogP contribution in [0.1, 0.15) is 48.2 Å². The van der Waals surface area contributed by atoms with Crippen molar-refractivity contribution in [2.75, 3.05) is 7.11 Å². The number of nitrogens with zero attached hydrogens (tertiary/aromatic N) is 2. The molecule has 0 fully saturated rings. The van der Waals surface area contributed by atoms with Gasteiger partial charge in [0.05, 0.1) is 30.5 Å². The van der Waals surface area contributed by atoms with Gasteiger partial charge in [0, 0.05) is 20.0 Å². The van der Waals surface area contributed by atoms with E-state index >= 15 is 0 Å². The highest BCUT2D eigenvalue weighted by molar-refractivity contribution is 5.38. The molecule has 23 heavy (non-hydrogen) atoms. The van der Waals surface area contributed by atoms with Crippen LogP contribution in [0.4, 0.5) is 0 Å². The van der Waals surface area contributed by atoms with Gasteiger partial charge in [0.1, 0.15) is 0 Å². The number of rotatable bonds is 5. The van der Waals surface area contributed by atoms with Crippen LogP contribution in [0.2, 0.25) is 0 Å². The molecule has 5 heteroatoms. The molecule has 0 saturated carbocycles. The molecule has 1 aromatic carbocycles. The van der Waals surface area contributed by atoms with Crippen molar-refractivity contribution >= 4 is 0 Å². The molecule has 1 aliphatic carbocycles. The molecule has 0 spiro atoms. The molecule has 0 amide bonds. The summed E-state index contributed by atoms with van der Waals surface area (Å²) in [5.74, 6) is 1.10. The Labute approximate surface area is 137 Å². The van der Waals surface area contributed by atoms with Gasteiger partial charge in [-0.15, -0.1) is 0 Å². The van der Waals surface area contributed by atoms with E-state index in [4.69, 9.17) is 4.74 Å². The van der Waals surface area contributed by atoms with Crippen molar-refractivity contribution in [2.45, 2.75) is 44.9 Å². The van der Waals surface area contributed by atoms with Gasteiger partial charge in [-0.25, -0.2) is 4.68 Å². The number of methoxy groups -OCH3 is 1. The lowest BCUT2D eigenvalue weighted by molar-refractivity contribution is 0.140. The summed E-state index contributed by atoms with van der Waals surface area (Å²) in [6.45, 7) is 4.89. The molecule has 5 nitrogen and oxygen atoms in total. The maximum absolute atomic E-state index is 10.4. The molecule has 2 N–H and O–H groups in total. The maximum Gasteiger partial charge on any atom is 0.216 e. The fourth-order valence-electron chi connectivity index (χ4n) is 3.49. The van der Waals surface area contributed by atoms with Crippen LogP contribution in [0, 0.1) is 0 Å². The van der Waals surface area contributed by atoms with Crippen molar-refractivity contribution in [1.82, 2.24) is 15.1 Å². The average Bonchev–Trinajstić information content (AvgIpc) is 3.01. The number of ether oxygens (including phenoxy) is 1. The van der Waals surface area contributed by atoms with Crippen LogP contribution in [-0.4, -0.2) is 28.1 Å². The Morgan fingerprint density at radius 1 is 1.39 bits per heavy atom. The summed E-state index contributed by atoms with van der Waals surface area (Å²) >= 11 is 0. The molecule has 1 aliphatic rings. The van der Waals surface area contributed by atoms with E-state index in [-0.39, 0.29) is 6.04 Å². The Kier molecular flexibility index (Phi) is 4.41. The van der Waals surface area contributed by atoms with Gasteiger partial charge in [-0.05, 0) is 17.0 Å². The Morgan fingerprint density at radius 2 is 2.13 bits per heavy atom. The number of fused-ring (bicyclic) bond motifs is 1. The number of nitrogens with one attached hydrogen (secondary N) is 1. The Morgan fingerprint density at radius 3 is 2.83 bits per heavy atom. The maximum atomic E-state index is 10.4. The highest BCUT2D eigenvalue weighted by Gasteiger charge is 2.31.